The molecule has 3 heterocycles. The van der Waals surface area contributed by atoms with Crippen molar-refractivity contribution in [2.45, 2.75) is 37.6 Å². The van der Waals surface area contributed by atoms with Crippen LogP contribution in [0.15, 0.2) is 42.5 Å². The summed E-state index contributed by atoms with van der Waals surface area (Å²) in [6, 6.07) is 10.6. The Morgan fingerprint density at radius 2 is 1.90 bits per heavy atom. The number of ether oxygens (including phenoxy) is 1. The summed E-state index contributed by atoms with van der Waals surface area (Å²) < 4.78 is 19.6. The third kappa shape index (κ3) is 4.99. The van der Waals surface area contributed by atoms with Crippen LogP contribution < -0.4 is 5.32 Å². The van der Waals surface area contributed by atoms with Gasteiger partial charge in [-0.3, -0.25) is 9.69 Å². The zero-order valence-corrected chi connectivity index (χ0v) is 18.1. The van der Waals surface area contributed by atoms with Crippen LogP contribution in [0.25, 0.3) is 16.5 Å². The number of hydrogen-bond acceptors (Lipinski definition) is 4. The van der Waals surface area contributed by atoms with Crippen LogP contribution in [0.3, 0.4) is 0 Å². The largest absolute Gasteiger partial charge is 0.381 e. The molecule has 4 rings (SSSR count). The van der Waals surface area contributed by atoms with Crippen molar-refractivity contribution < 1.29 is 13.9 Å². The fourth-order valence-corrected chi connectivity index (χ4v) is 5.38. The highest BCUT2D eigenvalue weighted by atomic mass is 32.1. The Hall–Kier alpha value is -2.02. The summed E-state index contributed by atoms with van der Waals surface area (Å²) in [6.45, 7) is 4.40. The van der Waals surface area contributed by atoms with E-state index in [1.165, 1.54) is 36.7 Å². The Labute approximate surface area is 181 Å². The van der Waals surface area contributed by atoms with Crippen molar-refractivity contribution >= 4 is 23.3 Å². The van der Waals surface area contributed by atoms with E-state index in [0.29, 0.717) is 12.1 Å². The topological polar surface area (TPSA) is 41.6 Å². The molecule has 30 heavy (non-hydrogen) atoms. The molecule has 0 saturated carbocycles. The fourth-order valence-electron chi connectivity index (χ4n) is 4.44. The van der Waals surface area contributed by atoms with Crippen LogP contribution in [0.4, 0.5) is 4.39 Å². The highest BCUT2D eigenvalue weighted by Crippen LogP contribution is 2.31. The maximum absolute atomic E-state index is 14.0. The molecule has 0 radical (unpaired) electrons. The molecule has 1 amide bonds. The van der Waals surface area contributed by atoms with Crippen LogP contribution >= 0.6 is 11.3 Å². The number of rotatable bonds is 6. The van der Waals surface area contributed by atoms with Gasteiger partial charge >= 0.3 is 0 Å². The summed E-state index contributed by atoms with van der Waals surface area (Å²) in [7, 11) is 0. The van der Waals surface area contributed by atoms with E-state index in [-0.39, 0.29) is 17.3 Å². The van der Waals surface area contributed by atoms with Crippen LogP contribution in [0, 0.1) is 5.82 Å². The summed E-state index contributed by atoms with van der Waals surface area (Å²) in [5.74, 6) is -0.314. The minimum Gasteiger partial charge on any atom is -0.381 e. The number of piperidine rings is 1. The number of benzene rings is 1. The Kier molecular flexibility index (Phi) is 6.97. The third-order valence-electron chi connectivity index (χ3n) is 6.21. The molecule has 0 unspecified atom stereocenters. The number of nitrogens with one attached hydrogen (secondary N) is 1. The van der Waals surface area contributed by atoms with Crippen molar-refractivity contribution in [2.24, 2.45) is 0 Å². The first-order valence-corrected chi connectivity index (χ1v) is 11.6. The zero-order valence-electron chi connectivity index (χ0n) is 17.2. The van der Waals surface area contributed by atoms with E-state index in [0.717, 1.165) is 48.9 Å². The average Bonchev–Trinajstić information content (AvgIpc) is 3.27. The van der Waals surface area contributed by atoms with Gasteiger partial charge in [0.05, 0.1) is 0 Å². The SMILES string of the molecule is O=C(C=Cc1ccc(-c2ccccc2F)s1)NCC1(N2CCCCC2)CCOCC1. The fraction of sp³-hybridized carbons (Fsp3) is 0.458. The summed E-state index contributed by atoms with van der Waals surface area (Å²) in [5, 5.41) is 3.13. The van der Waals surface area contributed by atoms with E-state index in [4.69, 9.17) is 4.74 Å². The molecule has 2 aliphatic rings. The lowest BCUT2D eigenvalue weighted by Gasteiger charge is -2.48. The molecule has 1 N–H and O–H groups in total. The standard InChI is InChI=1S/C24H29FN2O2S/c25-21-7-3-2-6-20(21)22-10-8-19(30-22)9-11-23(28)26-18-24(12-16-29-17-13-24)27-14-4-1-5-15-27/h2-3,6-11H,1,4-5,12-18H2,(H,26,28). The number of carbonyl (C=O) groups excluding carboxylic acids is 1. The number of nitrogens with zero attached hydrogens (tertiary/aromatic N) is 1. The van der Waals surface area contributed by atoms with Crippen LogP contribution in [-0.4, -0.2) is 49.2 Å². The number of amides is 1. The summed E-state index contributed by atoms with van der Waals surface area (Å²) in [5.41, 5.74) is 0.609. The number of carbonyl (C=O) groups is 1. The van der Waals surface area contributed by atoms with Crippen LogP contribution in [0.1, 0.15) is 37.0 Å². The predicted octanol–water partition coefficient (Wildman–Crippen LogP) is 4.72. The van der Waals surface area contributed by atoms with Gasteiger partial charge in [0, 0.05) is 46.7 Å². The first-order valence-electron chi connectivity index (χ1n) is 10.8. The van der Waals surface area contributed by atoms with E-state index in [2.05, 4.69) is 10.2 Å². The van der Waals surface area contributed by atoms with E-state index < -0.39 is 0 Å². The molecular weight excluding hydrogens is 399 g/mol. The minimum atomic E-state index is -0.230. The van der Waals surface area contributed by atoms with Crippen LogP contribution in [0.5, 0.6) is 0 Å². The Balaban J connectivity index is 1.37. The molecule has 0 spiro atoms. The molecule has 2 aromatic rings. The van der Waals surface area contributed by atoms with Gasteiger partial charge < -0.3 is 10.1 Å². The van der Waals surface area contributed by atoms with Gasteiger partial charge in [-0.1, -0.05) is 24.6 Å². The molecule has 2 fully saturated rings. The van der Waals surface area contributed by atoms with Gasteiger partial charge in [-0.15, -0.1) is 11.3 Å². The molecule has 2 aliphatic heterocycles. The van der Waals surface area contributed by atoms with Gasteiger partial charge in [-0.2, -0.15) is 0 Å². The van der Waals surface area contributed by atoms with Gasteiger partial charge in [0.2, 0.25) is 5.91 Å². The average molecular weight is 429 g/mol. The van der Waals surface area contributed by atoms with Gasteiger partial charge in [-0.05, 0) is 63.0 Å². The van der Waals surface area contributed by atoms with E-state index in [1.54, 1.807) is 18.2 Å². The number of thiophene rings is 1. The lowest BCUT2D eigenvalue weighted by molar-refractivity contribution is -0.118. The van der Waals surface area contributed by atoms with E-state index in [1.807, 2.05) is 24.3 Å². The van der Waals surface area contributed by atoms with Crippen molar-refractivity contribution in [3.63, 3.8) is 0 Å². The normalized spacial score (nSPS) is 19.8. The molecular formula is C24H29FN2O2S. The molecule has 0 bridgehead atoms. The molecule has 4 nitrogen and oxygen atoms in total. The molecule has 160 valence electrons. The van der Waals surface area contributed by atoms with Crippen LogP contribution in [0.2, 0.25) is 0 Å². The van der Waals surface area contributed by atoms with Crippen molar-refractivity contribution in [2.75, 3.05) is 32.8 Å². The summed E-state index contributed by atoms with van der Waals surface area (Å²) >= 11 is 1.48. The molecule has 0 aliphatic carbocycles. The first-order chi connectivity index (χ1) is 14.7. The highest BCUT2D eigenvalue weighted by Gasteiger charge is 2.38. The minimum absolute atomic E-state index is 0.0170. The maximum Gasteiger partial charge on any atom is 0.244 e. The second-order valence-corrected chi connectivity index (χ2v) is 9.23. The molecule has 0 atom stereocenters. The lowest BCUT2D eigenvalue weighted by atomic mass is 9.86. The Bertz CT molecular complexity index is 883. The third-order valence-corrected chi connectivity index (χ3v) is 7.29. The van der Waals surface area contributed by atoms with Gasteiger partial charge in [-0.25, -0.2) is 4.39 Å². The van der Waals surface area contributed by atoms with Crippen LogP contribution in [-0.2, 0) is 9.53 Å². The lowest BCUT2D eigenvalue weighted by Crippen LogP contribution is -2.59. The monoisotopic (exact) mass is 428 g/mol. The molecule has 6 heteroatoms. The Morgan fingerprint density at radius 1 is 1.13 bits per heavy atom. The second kappa shape index (κ2) is 9.86. The molecule has 1 aromatic carbocycles. The predicted molar refractivity (Wildman–Crippen MR) is 120 cm³/mol. The number of halogens is 1. The van der Waals surface area contributed by atoms with Crippen molar-refractivity contribution in [3.05, 3.63) is 53.2 Å². The van der Waals surface area contributed by atoms with E-state index in [9.17, 15) is 9.18 Å². The number of hydrogen-bond donors (Lipinski definition) is 1. The zero-order chi connectivity index (χ0) is 20.8. The Morgan fingerprint density at radius 3 is 2.67 bits per heavy atom. The quantitative estimate of drug-likeness (QED) is 0.677. The smallest absolute Gasteiger partial charge is 0.244 e. The second-order valence-electron chi connectivity index (χ2n) is 8.12. The maximum atomic E-state index is 14.0. The van der Waals surface area contributed by atoms with Gasteiger partial charge in [0.25, 0.3) is 0 Å². The van der Waals surface area contributed by atoms with Crippen molar-refractivity contribution in [1.29, 1.82) is 0 Å². The van der Waals surface area contributed by atoms with Gasteiger partial charge in [0.1, 0.15) is 5.82 Å². The van der Waals surface area contributed by atoms with Gasteiger partial charge in [0.15, 0.2) is 0 Å². The highest BCUT2D eigenvalue weighted by molar-refractivity contribution is 7.16. The van der Waals surface area contributed by atoms with E-state index >= 15 is 0 Å². The van der Waals surface area contributed by atoms with Crippen molar-refractivity contribution in [3.8, 4) is 10.4 Å². The van der Waals surface area contributed by atoms with Crippen molar-refractivity contribution in [1.82, 2.24) is 10.2 Å². The number of likely N-dealkylation sites (tertiary alicyclic amines) is 1. The molecule has 1 aromatic heterocycles. The summed E-state index contributed by atoms with van der Waals surface area (Å²) in [6.07, 6.45) is 9.09. The first kappa shape index (κ1) is 21.2. The summed E-state index contributed by atoms with van der Waals surface area (Å²) in [4.78, 5) is 16.9. The molecule has 2 saturated heterocycles.